The zero-order valence-electron chi connectivity index (χ0n) is 18.1. The Bertz CT molecular complexity index is 1250. The molecule has 4 rings (SSSR count). The molecule has 10 heteroatoms. The molecular weight excluding hydrogens is 416 g/mol. The van der Waals surface area contributed by atoms with Crippen molar-refractivity contribution in [3.8, 4) is 0 Å². The zero-order valence-corrected chi connectivity index (χ0v) is 18.9. The number of hydrogen-bond acceptors (Lipinski definition) is 7. The van der Waals surface area contributed by atoms with Gasteiger partial charge >= 0.3 is 5.69 Å². The maximum Gasteiger partial charge on any atom is 0.328 e. The van der Waals surface area contributed by atoms with E-state index in [0.717, 1.165) is 35.9 Å². The van der Waals surface area contributed by atoms with Crippen molar-refractivity contribution in [1.82, 2.24) is 24.8 Å². The number of pyridine rings is 1. The van der Waals surface area contributed by atoms with E-state index in [0.29, 0.717) is 28.5 Å². The molecule has 0 unspecified atom stereocenters. The van der Waals surface area contributed by atoms with Gasteiger partial charge in [0.15, 0.2) is 0 Å². The van der Waals surface area contributed by atoms with Crippen LogP contribution in [-0.4, -0.2) is 58.6 Å². The van der Waals surface area contributed by atoms with E-state index >= 15 is 0 Å². The fourth-order valence-corrected chi connectivity index (χ4v) is 5.07. The molecule has 2 N–H and O–H groups in total. The van der Waals surface area contributed by atoms with Gasteiger partial charge in [-0.1, -0.05) is 0 Å². The molecule has 1 fully saturated rings. The number of aryl methyl sites for hydroxylation is 1. The minimum Gasteiger partial charge on any atom is -0.368 e. The average molecular weight is 443 g/mol. The van der Waals surface area contributed by atoms with Crippen LogP contribution >= 0.6 is 11.3 Å². The summed E-state index contributed by atoms with van der Waals surface area (Å²) in [6.07, 6.45) is 0. The number of aromatic amines is 1. The predicted molar refractivity (Wildman–Crippen MR) is 122 cm³/mol. The summed E-state index contributed by atoms with van der Waals surface area (Å²) in [5.41, 5.74) is 2.28. The van der Waals surface area contributed by atoms with E-state index in [9.17, 15) is 14.4 Å². The quantitative estimate of drug-likeness (QED) is 0.594. The lowest BCUT2D eigenvalue weighted by Gasteiger charge is -2.45. The van der Waals surface area contributed by atoms with Crippen molar-refractivity contribution in [3.05, 3.63) is 55.3 Å². The summed E-state index contributed by atoms with van der Waals surface area (Å²) in [4.78, 5) is 49.1. The Morgan fingerprint density at radius 2 is 2.10 bits per heavy atom. The van der Waals surface area contributed by atoms with E-state index in [2.05, 4.69) is 25.1 Å². The van der Waals surface area contributed by atoms with Gasteiger partial charge in [-0.2, -0.15) is 0 Å². The van der Waals surface area contributed by atoms with Crippen LogP contribution in [0.4, 0.5) is 5.69 Å². The molecule has 0 aliphatic carbocycles. The standard InChI is InChI=1S/C21H26N6O3S/c1-5-27-20(29)18-16(24-21(27)30)8-14(31-18)11-26-9-13(10-26)25(4)17-7-6-15(19(28)22-3)23-12(17)2/h6-8,13H,5,9-11H2,1-4H3,(H,22,28)(H,24,30). The number of nitrogens with zero attached hydrogens (tertiary/aromatic N) is 4. The first-order valence-electron chi connectivity index (χ1n) is 10.2. The van der Waals surface area contributed by atoms with E-state index in [1.807, 2.05) is 26.1 Å². The average Bonchev–Trinajstić information content (AvgIpc) is 3.12. The fourth-order valence-electron chi connectivity index (χ4n) is 3.97. The lowest BCUT2D eigenvalue weighted by molar-refractivity contribution is 0.0958. The molecule has 0 saturated carbocycles. The molecule has 31 heavy (non-hydrogen) atoms. The van der Waals surface area contributed by atoms with E-state index < -0.39 is 0 Å². The Morgan fingerprint density at radius 1 is 1.35 bits per heavy atom. The van der Waals surface area contributed by atoms with Gasteiger partial charge in [0.1, 0.15) is 10.4 Å². The Labute approximate surface area is 183 Å². The third-order valence-corrected chi connectivity index (χ3v) is 6.90. The van der Waals surface area contributed by atoms with Crippen LogP contribution in [0.3, 0.4) is 0 Å². The van der Waals surface area contributed by atoms with Gasteiger partial charge < -0.3 is 15.2 Å². The first kappa shape index (κ1) is 21.3. The van der Waals surface area contributed by atoms with E-state index in [1.165, 1.54) is 15.9 Å². The van der Waals surface area contributed by atoms with Crippen LogP contribution < -0.4 is 21.5 Å². The lowest BCUT2D eigenvalue weighted by Crippen LogP contribution is -2.58. The molecule has 0 bridgehead atoms. The predicted octanol–water partition coefficient (Wildman–Crippen LogP) is 1.15. The molecule has 1 saturated heterocycles. The summed E-state index contributed by atoms with van der Waals surface area (Å²) in [7, 11) is 3.64. The van der Waals surface area contributed by atoms with Gasteiger partial charge in [-0.15, -0.1) is 11.3 Å². The van der Waals surface area contributed by atoms with Crippen LogP contribution in [0.1, 0.15) is 28.0 Å². The maximum atomic E-state index is 12.5. The zero-order chi connectivity index (χ0) is 22.3. The third kappa shape index (κ3) is 3.88. The van der Waals surface area contributed by atoms with Crippen molar-refractivity contribution in [2.45, 2.75) is 33.0 Å². The summed E-state index contributed by atoms with van der Waals surface area (Å²) >= 11 is 1.45. The van der Waals surface area contributed by atoms with Gasteiger partial charge in [-0.3, -0.25) is 19.1 Å². The monoisotopic (exact) mass is 442 g/mol. The highest BCUT2D eigenvalue weighted by Crippen LogP contribution is 2.27. The van der Waals surface area contributed by atoms with Crippen LogP contribution in [0.25, 0.3) is 10.2 Å². The van der Waals surface area contributed by atoms with Crippen molar-refractivity contribution >= 4 is 33.1 Å². The number of aromatic nitrogens is 3. The molecule has 0 aromatic carbocycles. The van der Waals surface area contributed by atoms with Crippen LogP contribution in [0.5, 0.6) is 0 Å². The van der Waals surface area contributed by atoms with Crippen LogP contribution in [0.15, 0.2) is 27.8 Å². The normalized spacial score (nSPS) is 14.6. The number of likely N-dealkylation sites (N-methyl/N-ethyl adjacent to an activating group) is 1. The number of fused-ring (bicyclic) bond motifs is 1. The van der Waals surface area contributed by atoms with Crippen LogP contribution in [-0.2, 0) is 13.1 Å². The van der Waals surface area contributed by atoms with E-state index in [1.54, 1.807) is 20.0 Å². The van der Waals surface area contributed by atoms with Gasteiger partial charge in [0.2, 0.25) is 0 Å². The number of amides is 1. The van der Waals surface area contributed by atoms with Gasteiger partial charge in [-0.25, -0.2) is 9.78 Å². The molecule has 9 nitrogen and oxygen atoms in total. The SMILES string of the molecule is CCn1c(=O)[nH]c2cc(CN3CC(N(C)c4ccc(C(=O)NC)nc4C)C3)sc2c1=O. The van der Waals surface area contributed by atoms with E-state index in [-0.39, 0.29) is 17.2 Å². The molecule has 3 aromatic rings. The van der Waals surface area contributed by atoms with Crippen LogP contribution in [0.2, 0.25) is 0 Å². The van der Waals surface area contributed by atoms with Crippen molar-refractivity contribution in [2.75, 3.05) is 32.1 Å². The third-order valence-electron chi connectivity index (χ3n) is 5.79. The molecule has 0 spiro atoms. The minimum absolute atomic E-state index is 0.192. The van der Waals surface area contributed by atoms with E-state index in [4.69, 9.17) is 0 Å². The highest BCUT2D eigenvalue weighted by molar-refractivity contribution is 7.18. The Balaban J connectivity index is 1.43. The fraction of sp³-hybridized carbons (Fsp3) is 0.429. The smallest absolute Gasteiger partial charge is 0.328 e. The van der Waals surface area contributed by atoms with Crippen molar-refractivity contribution in [2.24, 2.45) is 0 Å². The summed E-state index contributed by atoms with van der Waals surface area (Å²) in [6.45, 7) is 6.57. The number of H-pyrrole nitrogens is 1. The second-order valence-corrected chi connectivity index (χ2v) is 8.91. The number of anilines is 1. The molecule has 4 heterocycles. The molecule has 1 aliphatic rings. The number of carbonyl (C=O) groups is 1. The topological polar surface area (TPSA) is 103 Å². The number of rotatable bonds is 6. The molecule has 1 amide bonds. The second kappa shape index (κ2) is 8.27. The maximum absolute atomic E-state index is 12.5. The highest BCUT2D eigenvalue weighted by Gasteiger charge is 2.31. The minimum atomic E-state index is -0.360. The van der Waals surface area contributed by atoms with Gasteiger partial charge in [0, 0.05) is 45.2 Å². The Morgan fingerprint density at radius 3 is 2.74 bits per heavy atom. The summed E-state index contributed by atoms with van der Waals surface area (Å²) in [5.74, 6) is -0.192. The molecule has 164 valence electrons. The van der Waals surface area contributed by atoms with Crippen molar-refractivity contribution in [1.29, 1.82) is 0 Å². The lowest BCUT2D eigenvalue weighted by atomic mass is 10.1. The Hall–Kier alpha value is -2.98. The Kier molecular flexibility index (Phi) is 5.67. The summed E-state index contributed by atoms with van der Waals surface area (Å²) < 4.78 is 1.83. The van der Waals surface area contributed by atoms with Crippen molar-refractivity contribution < 1.29 is 4.79 Å². The van der Waals surface area contributed by atoms with Gasteiger partial charge in [0.05, 0.1) is 22.9 Å². The molecule has 0 radical (unpaired) electrons. The second-order valence-electron chi connectivity index (χ2n) is 7.77. The first-order chi connectivity index (χ1) is 14.8. The highest BCUT2D eigenvalue weighted by atomic mass is 32.1. The largest absolute Gasteiger partial charge is 0.368 e. The van der Waals surface area contributed by atoms with Gasteiger partial charge in [0.25, 0.3) is 11.5 Å². The molecule has 3 aromatic heterocycles. The number of carbonyl (C=O) groups excluding carboxylic acids is 1. The summed E-state index contributed by atoms with van der Waals surface area (Å²) in [5, 5.41) is 2.59. The number of thiophene rings is 1. The van der Waals surface area contributed by atoms with Crippen LogP contribution in [0, 0.1) is 6.92 Å². The number of nitrogens with one attached hydrogen (secondary N) is 2. The molecular formula is C21H26N6O3S. The van der Waals surface area contributed by atoms with Gasteiger partial charge in [-0.05, 0) is 32.0 Å². The first-order valence-corrected chi connectivity index (χ1v) is 11.0. The summed E-state index contributed by atoms with van der Waals surface area (Å²) in [6, 6.07) is 5.94. The molecule has 0 atom stereocenters. The molecule has 1 aliphatic heterocycles. The number of likely N-dealkylation sites (tertiary alicyclic amines) is 1. The number of hydrogen-bond donors (Lipinski definition) is 2. The van der Waals surface area contributed by atoms with Crippen molar-refractivity contribution in [3.63, 3.8) is 0 Å².